The number of rotatable bonds is 0. The largest absolute Gasteiger partial charge is 0.351 e. The average molecular weight is 381 g/mol. The molecule has 9 nitrogen and oxygen atoms in total. The molecule has 0 unspecified atom stereocenters. The third-order valence-corrected chi connectivity index (χ3v) is 2.64. The van der Waals surface area contributed by atoms with Crippen LogP contribution in [-0.4, -0.2) is 45.1 Å². The first kappa shape index (κ1) is 21.3. The van der Waals surface area contributed by atoms with E-state index >= 15 is 0 Å². The molecule has 0 aliphatic rings. The molecule has 0 aliphatic carbocycles. The second-order valence-corrected chi connectivity index (χ2v) is 4.76. The molecule has 0 saturated carbocycles. The van der Waals surface area contributed by atoms with Gasteiger partial charge >= 0.3 is 0 Å². The monoisotopic (exact) mass is 381 g/mol. The Kier molecular flexibility index (Phi) is 14.6. The maximum Gasteiger partial charge on any atom is 0.115 e. The minimum Gasteiger partial charge on any atom is -0.351 e. The summed E-state index contributed by atoms with van der Waals surface area (Å²) in [6.45, 7) is 0. The van der Waals surface area contributed by atoms with Crippen LogP contribution in [0.1, 0.15) is 0 Å². The first-order chi connectivity index (χ1) is 13.5. The Morgan fingerprint density at radius 3 is 1.56 bits per heavy atom. The zero-order valence-corrected chi connectivity index (χ0v) is 15.2. The van der Waals surface area contributed by atoms with Gasteiger partial charge in [0.1, 0.15) is 6.33 Å². The molecule has 2 N–H and O–H groups in total. The van der Waals surface area contributed by atoms with E-state index in [1.807, 2.05) is 11.4 Å². The zero-order chi connectivity index (χ0) is 19.1. The number of hydrogen-bond donors (Lipinski definition) is 2. The van der Waals surface area contributed by atoms with Crippen LogP contribution in [0.3, 0.4) is 0 Å². The minimum absolute atomic E-state index is 1.50. The summed E-state index contributed by atoms with van der Waals surface area (Å²) in [6, 6.07) is 3.61. The van der Waals surface area contributed by atoms with Crippen LogP contribution in [0.15, 0.2) is 104 Å². The Balaban J connectivity index is 0.000000169. The summed E-state index contributed by atoms with van der Waals surface area (Å²) in [5, 5.41) is 8.14. The molecule has 5 aromatic rings. The molecule has 0 amide bonds. The number of thiazole rings is 1. The van der Waals surface area contributed by atoms with E-state index in [0.29, 0.717) is 0 Å². The van der Waals surface area contributed by atoms with Crippen molar-refractivity contribution < 1.29 is 0 Å². The van der Waals surface area contributed by atoms with Crippen molar-refractivity contribution in [1.82, 2.24) is 45.1 Å². The summed E-state index contributed by atoms with van der Waals surface area (Å²) in [5.41, 5.74) is 1.79. The topological polar surface area (TPSA) is 122 Å². The van der Waals surface area contributed by atoms with Crippen LogP contribution < -0.4 is 0 Å². The number of aromatic nitrogens is 9. The van der Waals surface area contributed by atoms with E-state index in [9.17, 15) is 0 Å². The lowest BCUT2D eigenvalue weighted by atomic mass is 10.7. The summed E-state index contributed by atoms with van der Waals surface area (Å²) in [4.78, 5) is 24.9. The quantitative estimate of drug-likeness (QED) is 0.423. The molecule has 5 heterocycles. The summed E-state index contributed by atoms with van der Waals surface area (Å²) in [7, 11) is 0. The van der Waals surface area contributed by atoms with Gasteiger partial charge in [0.2, 0.25) is 0 Å². The van der Waals surface area contributed by atoms with E-state index < -0.39 is 0 Å². The normalized spacial score (nSPS) is 8.00. The van der Waals surface area contributed by atoms with E-state index in [1.165, 1.54) is 6.33 Å². The molecule has 5 aromatic heterocycles. The molecule has 0 saturated heterocycles. The molecule has 0 aromatic carbocycles. The SMILES string of the molecule is c1c[nH]cn1.c1cn[nH]c1.c1cnccn1.c1cncnc1.c1cscn1. The third-order valence-electron chi connectivity index (χ3n) is 2.11. The Labute approximate surface area is 160 Å². The molecular weight excluding hydrogens is 362 g/mol. The van der Waals surface area contributed by atoms with Gasteiger partial charge in [-0.15, -0.1) is 11.3 Å². The number of aromatic amines is 2. The fourth-order valence-corrected chi connectivity index (χ4v) is 1.46. The smallest absolute Gasteiger partial charge is 0.115 e. The van der Waals surface area contributed by atoms with Gasteiger partial charge in [0, 0.05) is 73.5 Å². The predicted octanol–water partition coefficient (Wildman–Crippen LogP) is 2.92. The zero-order valence-electron chi connectivity index (χ0n) is 14.4. The number of H-pyrrole nitrogens is 2. The van der Waals surface area contributed by atoms with Gasteiger partial charge in [-0.05, 0) is 12.1 Å². The van der Waals surface area contributed by atoms with Crippen LogP contribution in [0.2, 0.25) is 0 Å². The van der Waals surface area contributed by atoms with Gasteiger partial charge in [0.15, 0.2) is 0 Å². The van der Waals surface area contributed by atoms with E-state index in [4.69, 9.17) is 0 Å². The molecule has 0 bridgehead atoms. The summed E-state index contributed by atoms with van der Waals surface area (Å²) in [6.07, 6.45) is 21.7. The maximum atomic E-state index is 3.74. The summed E-state index contributed by atoms with van der Waals surface area (Å²) >= 11 is 1.60. The summed E-state index contributed by atoms with van der Waals surface area (Å²) < 4.78 is 0. The molecular formula is C17H19N9S. The molecule has 0 spiro atoms. The minimum atomic E-state index is 1.50. The fraction of sp³-hybridized carbons (Fsp3) is 0. The Morgan fingerprint density at radius 1 is 0.593 bits per heavy atom. The number of nitrogens with zero attached hydrogens (tertiary/aromatic N) is 7. The van der Waals surface area contributed by atoms with Crippen LogP contribution in [-0.2, 0) is 0 Å². The first-order valence-electron chi connectivity index (χ1n) is 7.58. The van der Waals surface area contributed by atoms with Gasteiger partial charge in [0.05, 0.1) is 11.8 Å². The van der Waals surface area contributed by atoms with E-state index in [2.05, 4.69) is 45.1 Å². The van der Waals surface area contributed by atoms with Crippen molar-refractivity contribution in [3.63, 3.8) is 0 Å². The molecule has 10 heteroatoms. The lowest BCUT2D eigenvalue weighted by molar-refractivity contribution is 1.09. The van der Waals surface area contributed by atoms with Crippen molar-refractivity contribution in [2.45, 2.75) is 0 Å². The van der Waals surface area contributed by atoms with E-state index in [1.54, 1.807) is 97.4 Å². The lowest BCUT2D eigenvalue weighted by Gasteiger charge is -1.70. The Hall–Kier alpha value is -3.79. The van der Waals surface area contributed by atoms with Gasteiger partial charge in [-0.2, -0.15) is 5.10 Å². The van der Waals surface area contributed by atoms with Gasteiger partial charge in [0.25, 0.3) is 0 Å². The molecule has 27 heavy (non-hydrogen) atoms. The van der Waals surface area contributed by atoms with Crippen LogP contribution in [0, 0.1) is 0 Å². The van der Waals surface area contributed by atoms with Crippen molar-refractivity contribution in [3.05, 3.63) is 104 Å². The van der Waals surface area contributed by atoms with Gasteiger partial charge in [-0.3, -0.25) is 20.1 Å². The highest BCUT2D eigenvalue weighted by molar-refractivity contribution is 7.07. The number of nitrogens with one attached hydrogen (secondary N) is 2. The highest BCUT2D eigenvalue weighted by atomic mass is 32.1. The molecule has 0 aliphatic heterocycles. The molecule has 138 valence electrons. The van der Waals surface area contributed by atoms with Gasteiger partial charge < -0.3 is 4.98 Å². The fourth-order valence-electron chi connectivity index (χ4n) is 1.11. The second kappa shape index (κ2) is 18.5. The molecule has 5 rings (SSSR count). The molecule has 0 atom stereocenters. The predicted molar refractivity (Wildman–Crippen MR) is 103 cm³/mol. The lowest BCUT2D eigenvalue weighted by Crippen LogP contribution is -1.66. The number of imidazole rings is 1. The molecule has 0 radical (unpaired) electrons. The second-order valence-electron chi connectivity index (χ2n) is 4.00. The Bertz CT molecular complexity index is 578. The number of hydrogen-bond acceptors (Lipinski definition) is 8. The van der Waals surface area contributed by atoms with Crippen molar-refractivity contribution in [1.29, 1.82) is 0 Å². The van der Waals surface area contributed by atoms with Crippen molar-refractivity contribution in [2.75, 3.05) is 0 Å². The standard InChI is InChI=1S/2C4H4N2.2C3H4N2.C3H3NS/c1-2-6-4-3-5-1;1-2-5-4-6-3-1;1-2-5-3-4-1;1-2-4-5-3-1;1-2-5-3-4-1/h2*1-4H;2*1-3H,(H,4,5);1-3H. The first-order valence-corrected chi connectivity index (χ1v) is 8.53. The van der Waals surface area contributed by atoms with E-state index in [0.717, 1.165) is 0 Å². The van der Waals surface area contributed by atoms with Crippen LogP contribution in [0.25, 0.3) is 0 Å². The van der Waals surface area contributed by atoms with Crippen molar-refractivity contribution >= 4 is 11.3 Å². The van der Waals surface area contributed by atoms with Gasteiger partial charge in [-0.25, -0.2) is 15.0 Å². The van der Waals surface area contributed by atoms with Crippen LogP contribution in [0.4, 0.5) is 0 Å². The van der Waals surface area contributed by atoms with Crippen LogP contribution >= 0.6 is 11.3 Å². The third kappa shape index (κ3) is 16.8. The average Bonchev–Trinajstić information content (AvgIpc) is 3.58. The van der Waals surface area contributed by atoms with Crippen molar-refractivity contribution in [2.24, 2.45) is 0 Å². The Morgan fingerprint density at radius 2 is 1.37 bits per heavy atom. The highest BCUT2D eigenvalue weighted by Crippen LogP contribution is 1.85. The van der Waals surface area contributed by atoms with Crippen molar-refractivity contribution in [3.8, 4) is 0 Å². The van der Waals surface area contributed by atoms with E-state index in [-0.39, 0.29) is 0 Å². The molecule has 0 fully saturated rings. The summed E-state index contributed by atoms with van der Waals surface area (Å²) in [5.74, 6) is 0. The highest BCUT2D eigenvalue weighted by Gasteiger charge is 1.60. The van der Waals surface area contributed by atoms with Crippen LogP contribution in [0.5, 0.6) is 0 Å². The van der Waals surface area contributed by atoms with Gasteiger partial charge in [-0.1, -0.05) is 0 Å². The maximum absolute atomic E-state index is 3.74.